The standard InChI is InChI=1S/C32H30ClN3O4/c1-19-3-9-22(10-4-19)28-30(38)34-18-32-16-15-25(40-32)26(29(37)35-24-13-5-20(2)6-14-24)27(32)31(39)36(28)17-21-7-11-23(33)12-8-21/h3-16,25-28H,17-18H2,1-2H3,(H,34,38)(H,35,37)/t25-,26-,27+,28+,32+/m1/s1. The van der Waals surface area contributed by atoms with Gasteiger partial charge in [-0.1, -0.05) is 83.4 Å². The third kappa shape index (κ3) is 4.69. The lowest BCUT2D eigenvalue weighted by Gasteiger charge is -2.42. The maximum atomic E-state index is 14.7. The van der Waals surface area contributed by atoms with Crippen LogP contribution in [0.15, 0.2) is 84.9 Å². The van der Waals surface area contributed by atoms with Crippen LogP contribution in [-0.4, -0.2) is 40.9 Å². The van der Waals surface area contributed by atoms with Crippen LogP contribution in [0, 0.1) is 25.7 Å². The highest BCUT2D eigenvalue weighted by molar-refractivity contribution is 6.30. The molecule has 1 spiro atoms. The first-order valence-electron chi connectivity index (χ1n) is 13.4. The lowest BCUT2D eigenvalue weighted by Crippen LogP contribution is -2.59. The van der Waals surface area contributed by atoms with Crippen molar-refractivity contribution in [2.45, 2.75) is 38.1 Å². The molecule has 7 nitrogen and oxygen atoms in total. The zero-order chi connectivity index (χ0) is 28.0. The molecule has 0 radical (unpaired) electrons. The Labute approximate surface area is 238 Å². The second-order valence-electron chi connectivity index (χ2n) is 10.9. The van der Waals surface area contributed by atoms with Gasteiger partial charge in [-0.15, -0.1) is 0 Å². The van der Waals surface area contributed by atoms with Gasteiger partial charge in [0.15, 0.2) is 0 Å². The van der Waals surface area contributed by atoms with E-state index in [1.807, 2.05) is 86.7 Å². The highest BCUT2D eigenvalue weighted by Gasteiger charge is 2.64. The first-order chi connectivity index (χ1) is 19.2. The Morgan fingerprint density at radius 3 is 2.33 bits per heavy atom. The summed E-state index contributed by atoms with van der Waals surface area (Å²) >= 11 is 6.12. The van der Waals surface area contributed by atoms with Gasteiger partial charge in [0, 0.05) is 17.3 Å². The molecule has 204 valence electrons. The molecule has 3 aromatic rings. The number of aryl methyl sites for hydroxylation is 2. The average Bonchev–Trinajstić information content (AvgIpc) is 3.51. The summed E-state index contributed by atoms with van der Waals surface area (Å²) in [5.41, 5.74) is 3.18. The van der Waals surface area contributed by atoms with Crippen molar-refractivity contribution in [1.82, 2.24) is 10.2 Å². The normalized spacial score (nSPS) is 27.1. The molecule has 3 aliphatic rings. The van der Waals surface area contributed by atoms with Gasteiger partial charge in [-0.25, -0.2) is 0 Å². The summed E-state index contributed by atoms with van der Waals surface area (Å²) in [4.78, 5) is 43.7. The number of anilines is 1. The van der Waals surface area contributed by atoms with Crippen molar-refractivity contribution in [2.24, 2.45) is 11.8 Å². The Bertz CT molecular complexity index is 1490. The molecule has 0 saturated carbocycles. The van der Waals surface area contributed by atoms with E-state index >= 15 is 0 Å². The molecular weight excluding hydrogens is 526 g/mol. The minimum Gasteiger partial charge on any atom is -0.360 e. The first-order valence-corrected chi connectivity index (χ1v) is 13.8. The fourth-order valence-electron chi connectivity index (χ4n) is 5.99. The molecule has 0 aromatic heterocycles. The molecule has 40 heavy (non-hydrogen) atoms. The van der Waals surface area contributed by atoms with Crippen molar-refractivity contribution in [2.75, 3.05) is 11.9 Å². The molecule has 2 N–H and O–H groups in total. The molecule has 0 unspecified atom stereocenters. The van der Waals surface area contributed by atoms with Crippen LogP contribution < -0.4 is 10.6 Å². The SMILES string of the molecule is Cc1ccc(NC(=O)[C@H]2[C@H]3C(=O)N(Cc4ccc(Cl)cc4)[C@@H](c4ccc(C)cc4)C(=O)NC[C@@]34C=C[C@H]2O4)cc1. The number of amides is 3. The summed E-state index contributed by atoms with van der Waals surface area (Å²) in [6.07, 6.45) is 3.09. The summed E-state index contributed by atoms with van der Waals surface area (Å²) in [6, 6.07) is 21.4. The molecule has 3 aromatic carbocycles. The van der Waals surface area contributed by atoms with E-state index in [0.717, 1.165) is 16.7 Å². The Morgan fingerprint density at radius 1 is 1.00 bits per heavy atom. The number of nitrogens with zero attached hydrogens (tertiary/aromatic N) is 1. The van der Waals surface area contributed by atoms with E-state index in [4.69, 9.17) is 16.3 Å². The Balaban J connectivity index is 1.41. The van der Waals surface area contributed by atoms with Crippen molar-refractivity contribution in [1.29, 1.82) is 0 Å². The van der Waals surface area contributed by atoms with Crippen LogP contribution in [0.5, 0.6) is 0 Å². The molecule has 3 amide bonds. The first kappa shape index (κ1) is 26.3. The Kier molecular flexibility index (Phi) is 6.72. The maximum Gasteiger partial charge on any atom is 0.247 e. The van der Waals surface area contributed by atoms with Crippen LogP contribution in [0.2, 0.25) is 5.02 Å². The second kappa shape index (κ2) is 10.2. The average molecular weight is 556 g/mol. The fourth-order valence-corrected chi connectivity index (χ4v) is 6.12. The monoisotopic (exact) mass is 555 g/mol. The van der Waals surface area contributed by atoms with E-state index in [0.29, 0.717) is 16.3 Å². The van der Waals surface area contributed by atoms with Crippen molar-refractivity contribution < 1.29 is 19.1 Å². The van der Waals surface area contributed by atoms with Gasteiger partial charge in [0.1, 0.15) is 11.6 Å². The van der Waals surface area contributed by atoms with E-state index in [1.165, 1.54) is 0 Å². The number of hydrogen-bond acceptors (Lipinski definition) is 4. The summed E-state index contributed by atoms with van der Waals surface area (Å²) in [5, 5.41) is 6.60. The van der Waals surface area contributed by atoms with Crippen molar-refractivity contribution in [3.05, 3.63) is 112 Å². The smallest absolute Gasteiger partial charge is 0.247 e. The highest BCUT2D eigenvalue weighted by Crippen LogP contribution is 2.49. The largest absolute Gasteiger partial charge is 0.360 e. The molecule has 8 heteroatoms. The molecule has 6 rings (SSSR count). The molecule has 3 heterocycles. The summed E-state index contributed by atoms with van der Waals surface area (Å²) in [5.74, 6) is -2.48. The van der Waals surface area contributed by atoms with Gasteiger partial charge < -0.3 is 20.3 Å². The van der Waals surface area contributed by atoms with Gasteiger partial charge >= 0.3 is 0 Å². The summed E-state index contributed by atoms with van der Waals surface area (Å²) in [6.45, 7) is 4.21. The number of carbonyl (C=O) groups is 3. The zero-order valence-corrected chi connectivity index (χ0v) is 23.0. The molecular formula is C32H30ClN3O4. The van der Waals surface area contributed by atoms with Crippen molar-refractivity contribution in [3.63, 3.8) is 0 Å². The number of hydrogen-bond donors (Lipinski definition) is 2. The fraction of sp³-hybridized carbons (Fsp3) is 0.281. The van der Waals surface area contributed by atoms with Gasteiger partial charge in [0.05, 0.1) is 24.5 Å². The van der Waals surface area contributed by atoms with Crippen molar-refractivity contribution >= 4 is 35.0 Å². The van der Waals surface area contributed by atoms with Gasteiger partial charge in [-0.2, -0.15) is 0 Å². The van der Waals surface area contributed by atoms with Crippen LogP contribution in [0.4, 0.5) is 5.69 Å². The number of nitrogens with one attached hydrogen (secondary N) is 2. The maximum absolute atomic E-state index is 14.7. The number of halogens is 1. The Morgan fingerprint density at radius 2 is 1.65 bits per heavy atom. The van der Waals surface area contributed by atoms with Crippen LogP contribution in [0.1, 0.15) is 28.3 Å². The minimum absolute atomic E-state index is 0.0979. The van der Waals surface area contributed by atoms with Gasteiger partial charge in [0.25, 0.3) is 0 Å². The van der Waals surface area contributed by atoms with Crippen LogP contribution in [0.3, 0.4) is 0 Å². The molecule has 2 saturated heterocycles. The van der Waals surface area contributed by atoms with E-state index in [9.17, 15) is 14.4 Å². The van der Waals surface area contributed by atoms with Crippen LogP contribution in [-0.2, 0) is 25.7 Å². The molecule has 0 aliphatic carbocycles. The molecule has 2 fully saturated rings. The number of benzene rings is 3. The third-order valence-electron chi connectivity index (χ3n) is 8.09. The summed E-state index contributed by atoms with van der Waals surface area (Å²) < 4.78 is 6.33. The van der Waals surface area contributed by atoms with E-state index in [-0.39, 0.29) is 30.8 Å². The van der Waals surface area contributed by atoms with Gasteiger partial charge in [-0.05, 0) is 49.2 Å². The van der Waals surface area contributed by atoms with E-state index in [2.05, 4.69) is 10.6 Å². The molecule has 3 aliphatic heterocycles. The van der Waals surface area contributed by atoms with Crippen LogP contribution >= 0.6 is 11.6 Å². The zero-order valence-electron chi connectivity index (χ0n) is 22.3. The predicted molar refractivity (Wildman–Crippen MR) is 152 cm³/mol. The number of rotatable bonds is 5. The third-order valence-corrected chi connectivity index (χ3v) is 8.34. The lowest BCUT2D eigenvalue weighted by molar-refractivity contribution is -0.153. The highest BCUT2D eigenvalue weighted by atomic mass is 35.5. The second-order valence-corrected chi connectivity index (χ2v) is 11.3. The van der Waals surface area contributed by atoms with Gasteiger partial charge in [0.2, 0.25) is 17.7 Å². The molecule has 5 atom stereocenters. The quantitative estimate of drug-likeness (QED) is 0.445. The Hall–Kier alpha value is -3.94. The summed E-state index contributed by atoms with van der Waals surface area (Å²) in [7, 11) is 0. The van der Waals surface area contributed by atoms with E-state index in [1.54, 1.807) is 17.0 Å². The minimum atomic E-state index is -1.11. The number of ether oxygens (including phenoxy) is 1. The topological polar surface area (TPSA) is 87.7 Å². The van der Waals surface area contributed by atoms with Crippen molar-refractivity contribution in [3.8, 4) is 0 Å². The molecule has 2 bridgehead atoms. The predicted octanol–water partition coefficient (Wildman–Crippen LogP) is 4.74. The number of carbonyl (C=O) groups excluding carboxylic acids is 3. The lowest BCUT2D eigenvalue weighted by atomic mass is 9.73. The van der Waals surface area contributed by atoms with E-state index < -0.39 is 29.6 Å². The number of fused-ring (bicyclic) bond motifs is 1. The van der Waals surface area contributed by atoms with Crippen LogP contribution in [0.25, 0.3) is 0 Å². The van der Waals surface area contributed by atoms with Gasteiger partial charge in [-0.3, -0.25) is 14.4 Å².